The fraction of sp³-hybridized carbons (Fsp3) is 0.857. The summed E-state index contributed by atoms with van der Waals surface area (Å²) in [6, 6.07) is -0.504. The van der Waals surface area contributed by atoms with Gasteiger partial charge in [-0.15, -0.1) is 0 Å². The normalized spacial score (nSPS) is 20.5. The molecule has 1 rings (SSSR count). The van der Waals surface area contributed by atoms with Crippen LogP contribution in [0, 0.1) is 0 Å². The molecule has 1 atom stereocenters. The molecule has 6 nitrogen and oxygen atoms in total. The zero-order valence-corrected chi connectivity index (χ0v) is 13.3. The molecule has 1 fully saturated rings. The van der Waals surface area contributed by atoms with Crippen molar-refractivity contribution in [3.8, 4) is 0 Å². The Kier molecular flexibility index (Phi) is 5.02. The number of amides is 1. The number of carbonyl (C=O) groups excluding carboxylic acids is 2. The number of nitrogens with one attached hydrogen (secondary N) is 1. The highest BCUT2D eigenvalue weighted by molar-refractivity contribution is 5.78. The second-order valence-electron chi connectivity index (χ2n) is 6.97. The number of carbonyl (C=O) groups is 2. The van der Waals surface area contributed by atoms with E-state index < -0.39 is 23.3 Å². The number of rotatable bonds is 1. The summed E-state index contributed by atoms with van der Waals surface area (Å²) >= 11 is 0. The van der Waals surface area contributed by atoms with Gasteiger partial charge >= 0.3 is 12.1 Å². The summed E-state index contributed by atoms with van der Waals surface area (Å²) in [6.07, 6.45) is -0.396. The van der Waals surface area contributed by atoms with Gasteiger partial charge in [0.05, 0.1) is 6.54 Å². The minimum absolute atomic E-state index is 0.268. The number of hydrogen-bond acceptors (Lipinski definition) is 5. The lowest BCUT2D eigenvalue weighted by Gasteiger charge is -2.34. The van der Waals surface area contributed by atoms with Crippen LogP contribution in [-0.4, -0.2) is 53.8 Å². The van der Waals surface area contributed by atoms with Gasteiger partial charge < -0.3 is 19.7 Å². The van der Waals surface area contributed by atoms with Crippen molar-refractivity contribution in [2.75, 3.05) is 19.6 Å². The second-order valence-corrected chi connectivity index (χ2v) is 6.97. The summed E-state index contributed by atoms with van der Waals surface area (Å²) < 4.78 is 10.6. The maximum absolute atomic E-state index is 12.0. The zero-order chi connectivity index (χ0) is 15.6. The van der Waals surface area contributed by atoms with Gasteiger partial charge in [-0.05, 0) is 41.5 Å². The molecule has 0 spiro atoms. The monoisotopic (exact) mass is 286 g/mol. The Bertz CT molecular complexity index is 334. The van der Waals surface area contributed by atoms with Gasteiger partial charge in [-0.25, -0.2) is 4.79 Å². The summed E-state index contributed by atoms with van der Waals surface area (Å²) in [4.78, 5) is 25.5. The number of piperazine rings is 1. The van der Waals surface area contributed by atoms with Crippen LogP contribution in [0.3, 0.4) is 0 Å². The van der Waals surface area contributed by atoms with Gasteiger partial charge in [0.15, 0.2) is 0 Å². The predicted octanol–water partition coefficient (Wildman–Crippen LogP) is 1.54. The molecule has 116 valence electrons. The number of esters is 1. The first-order valence-electron chi connectivity index (χ1n) is 6.92. The fourth-order valence-corrected chi connectivity index (χ4v) is 1.77. The summed E-state index contributed by atoms with van der Waals surface area (Å²) in [5.41, 5.74) is -1.07. The third kappa shape index (κ3) is 5.77. The first-order chi connectivity index (χ1) is 8.98. The minimum atomic E-state index is -0.538. The summed E-state index contributed by atoms with van der Waals surface area (Å²) in [5.74, 6) is -0.342. The maximum atomic E-state index is 12.0. The molecule has 1 aliphatic heterocycles. The third-order valence-electron chi connectivity index (χ3n) is 2.52. The molecule has 0 aromatic rings. The summed E-state index contributed by atoms with van der Waals surface area (Å²) in [5, 5.41) is 3.07. The number of hydrogen-bond donors (Lipinski definition) is 1. The third-order valence-corrected chi connectivity index (χ3v) is 2.52. The van der Waals surface area contributed by atoms with Gasteiger partial charge in [-0.1, -0.05) is 0 Å². The Labute approximate surface area is 120 Å². The van der Waals surface area contributed by atoms with Crippen molar-refractivity contribution in [1.29, 1.82) is 0 Å². The highest BCUT2D eigenvalue weighted by Crippen LogP contribution is 2.13. The molecule has 6 heteroatoms. The largest absolute Gasteiger partial charge is 0.459 e. The molecular weight excluding hydrogens is 260 g/mol. The molecule has 1 aliphatic rings. The van der Waals surface area contributed by atoms with Gasteiger partial charge in [0.2, 0.25) is 0 Å². The van der Waals surface area contributed by atoms with Crippen LogP contribution in [0.15, 0.2) is 0 Å². The molecule has 0 radical (unpaired) electrons. The first kappa shape index (κ1) is 16.8. The first-order valence-corrected chi connectivity index (χ1v) is 6.92. The van der Waals surface area contributed by atoms with Gasteiger partial charge in [0, 0.05) is 13.1 Å². The molecule has 0 bridgehead atoms. The fourth-order valence-electron chi connectivity index (χ4n) is 1.77. The molecule has 0 aromatic heterocycles. The molecule has 0 aliphatic carbocycles. The molecule has 0 saturated carbocycles. The van der Waals surface area contributed by atoms with Crippen LogP contribution in [0.2, 0.25) is 0 Å². The maximum Gasteiger partial charge on any atom is 0.410 e. The quantitative estimate of drug-likeness (QED) is 0.741. The smallest absolute Gasteiger partial charge is 0.410 e. The van der Waals surface area contributed by atoms with Crippen molar-refractivity contribution in [1.82, 2.24) is 10.2 Å². The van der Waals surface area contributed by atoms with Crippen LogP contribution in [0.25, 0.3) is 0 Å². The van der Waals surface area contributed by atoms with E-state index in [0.717, 1.165) is 0 Å². The Hall–Kier alpha value is -1.30. The number of nitrogens with zero attached hydrogens (tertiary/aromatic N) is 1. The Morgan fingerprint density at radius 3 is 2.10 bits per heavy atom. The van der Waals surface area contributed by atoms with Crippen molar-refractivity contribution < 1.29 is 19.1 Å². The Morgan fingerprint density at radius 2 is 1.60 bits per heavy atom. The van der Waals surface area contributed by atoms with E-state index in [1.54, 1.807) is 0 Å². The minimum Gasteiger partial charge on any atom is -0.459 e. The van der Waals surface area contributed by atoms with E-state index in [1.165, 1.54) is 4.90 Å². The molecule has 1 heterocycles. The van der Waals surface area contributed by atoms with E-state index >= 15 is 0 Å². The van der Waals surface area contributed by atoms with E-state index in [1.807, 2.05) is 41.5 Å². The SMILES string of the molecule is CC(C)(C)OC(=O)[C@H]1CN(C(=O)OC(C)(C)C)CCN1. The van der Waals surface area contributed by atoms with Crippen molar-refractivity contribution in [2.24, 2.45) is 0 Å². The standard InChI is InChI=1S/C14H26N2O4/c1-13(2,3)19-11(17)10-9-16(8-7-15-10)12(18)20-14(4,5)6/h10,15H,7-9H2,1-6H3/t10-/m1/s1. The van der Waals surface area contributed by atoms with E-state index in [4.69, 9.17) is 9.47 Å². The topological polar surface area (TPSA) is 67.9 Å². The highest BCUT2D eigenvalue weighted by Gasteiger charge is 2.33. The van der Waals surface area contributed by atoms with E-state index in [9.17, 15) is 9.59 Å². The average molecular weight is 286 g/mol. The van der Waals surface area contributed by atoms with Crippen LogP contribution in [-0.2, 0) is 14.3 Å². The summed E-state index contributed by atoms with van der Waals surface area (Å²) in [6.45, 7) is 12.2. The van der Waals surface area contributed by atoms with Crippen LogP contribution < -0.4 is 5.32 Å². The van der Waals surface area contributed by atoms with Gasteiger partial charge in [0.1, 0.15) is 17.2 Å². The van der Waals surface area contributed by atoms with Crippen LogP contribution in [0.4, 0.5) is 4.79 Å². The summed E-state index contributed by atoms with van der Waals surface area (Å²) in [7, 11) is 0. The van der Waals surface area contributed by atoms with Crippen molar-refractivity contribution >= 4 is 12.1 Å². The Balaban J connectivity index is 2.58. The van der Waals surface area contributed by atoms with Crippen LogP contribution >= 0.6 is 0 Å². The molecular formula is C14H26N2O4. The van der Waals surface area contributed by atoms with Gasteiger partial charge in [-0.2, -0.15) is 0 Å². The van der Waals surface area contributed by atoms with Gasteiger partial charge in [0.25, 0.3) is 0 Å². The zero-order valence-electron chi connectivity index (χ0n) is 13.3. The second kappa shape index (κ2) is 5.99. The van der Waals surface area contributed by atoms with E-state index in [0.29, 0.717) is 13.1 Å². The lowest BCUT2D eigenvalue weighted by Crippen LogP contribution is -2.57. The van der Waals surface area contributed by atoms with E-state index in [-0.39, 0.29) is 12.5 Å². The van der Waals surface area contributed by atoms with Gasteiger partial charge in [-0.3, -0.25) is 4.79 Å². The van der Waals surface area contributed by atoms with Crippen molar-refractivity contribution in [3.63, 3.8) is 0 Å². The molecule has 0 unspecified atom stereocenters. The highest BCUT2D eigenvalue weighted by atomic mass is 16.6. The Morgan fingerprint density at radius 1 is 1.05 bits per heavy atom. The van der Waals surface area contributed by atoms with Crippen molar-refractivity contribution in [2.45, 2.75) is 58.8 Å². The molecule has 1 N–H and O–H groups in total. The molecule has 0 aromatic carbocycles. The molecule has 1 amide bonds. The molecule has 20 heavy (non-hydrogen) atoms. The molecule has 1 saturated heterocycles. The van der Waals surface area contributed by atoms with Crippen molar-refractivity contribution in [3.05, 3.63) is 0 Å². The average Bonchev–Trinajstić information content (AvgIpc) is 2.24. The lowest BCUT2D eigenvalue weighted by molar-refractivity contribution is -0.158. The van der Waals surface area contributed by atoms with Crippen LogP contribution in [0.1, 0.15) is 41.5 Å². The number of ether oxygens (including phenoxy) is 2. The predicted molar refractivity (Wildman–Crippen MR) is 75.4 cm³/mol. The van der Waals surface area contributed by atoms with Crippen LogP contribution in [0.5, 0.6) is 0 Å². The lowest BCUT2D eigenvalue weighted by atomic mass is 10.1. The van der Waals surface area contributed by atoms with E-state index in [2.05, 4.69) is 5.32 Å².